The third kappa shape index (κ3) is 5.19. The van der Waals surface area contributed by atoms with Gasteiger partial charge in [-0.05, 0) is 55.4 Å². The van der Waals surface area contributed by atoms with Gasteiger partial charge in [0, 0.05) is 31.7 Å². The number of carbonyl (C=O) groups excluding carboxylic acids is 2. The maximum absolute atomic E-state index is 13.2. The summed E-state index contributed by atoms with van der Waals surface area (Å²) in [6.07, 6.45) is -1.14. The average molecular weight is 461 g/mol. The molecule has 1 aliphatic carbocycles. The van der Waals surface area contributed by atoms with Crippen LogP contribution in [-0.2, 0) is 16.1 Å². The van der Waals surface area contributed by atoms with Crippen molar-refractivity contribution < 1.29 is 27.6 Å². The molecule has 0 N–H and O–H groups in total. The van der Waals surface area contributed by atoms with Gasteiger partial charge >= 0.3 is 12.1 Å². The predicted octanol–water partition coefficient (Wildman–Crippen LogP) is 4.43. The standard InChI is InChI=1S/C24H26F3N3O3/c1-29(21-11-4-7-16-6-2-3-8-18(16)21)22(31)20-10-5-9-19(28-20)17-12-14-30(15-13-17)33-23(32)24(25,26)27/h2-3,5-6,8-10,17,21H,4,7,11-15H2,1H3. The maximum Gasteiger partial charge on any atom is 0.492 e. The fourth-order valence-electron chi connectivity index (χ4n) is 4.66. The lowest BCUT2D eigenvalue weighted by molar-refractivity contribution is -0.241. The van der Waals surface area contributed by atoms with E-state index in [1.165, 1.54) is 11.1 Å². The van der Waals surface area contributed by atoms with E-state index in [1.807, 2.05) is 18.2 Å². The minimum absolute atomic E-state index is 0.000497. The van der Waals surface area contributed by atoms with Crippen LogP contribution in [0, 0.1) is 0 Å². The molecule has 176 valence electrons. The molecule has 1 fully saturated rings. The monoisotopic (exact) mass is 461 g/mol. The number of carbonyl (C=O) groups is 2. The van der Waals surface area contributed by atoms with Gasteiger partial charge in [-0.15, -0.1) is 5.06 Å². The van der Waals surface area contributed by atoms with Crippen molar-refractivity contribution in [3.8, 4) is 0 Å². The SMILES string of the molecule is CN(C(=O)c1cccc(C2CCN(OC(=O)C(F)(F)F)CC2)n1)C1CCCc2ccccc21. The first kappa shape index (κ1) is 23.2. The summed E-state index contributed by atoms with van der Waals surface area (Å²) in [5, 5.41) is 1.04. The summed E-state index contributed by atoms with van der Waals surface area (Å²) in [5.41, 5.74) is 3.52. The van der Waals surface area contributed by atoms with E-state index in [4.69, 9.17) is 0 Å². The van der Waals surface area contributed by atoms with Crippen LogP contribution in [0.5, 0.6) is 0 Å². The van der Waals surface area contributed by atoms with Gasteiger partial charge in [-0.25, -0.2) is 9.78 Å². The lowest BCUT2D eigenvalue weighted by Crippen LogP contribution is -2.39. The van der Waals surface area contributed by atoms with Gasteiger partial charge in [-0.2, -0.15) is 13.2 Å². The maximum atomic E-state index is 13.2. The highest BCUT2D eigenvalue weighted by Gasteiger charge is 2.43. The summed E-state index contributed by atoms with van der Waals surface area (Å²) >= 11 is 0. The largest absolute Gasteiger partial charge is 0.492 e. The van der Waals surface area contributed by atoms with Crippen molar-refractivity contribution in [2.45, 2.75) is 50.2 Å². The van der Waals surface area contributed by atoms with E-state index >= 15 is 0 Å². The average Bonchev–Trinajstić information content (AvgIpc) is 2.82. The number of hydroxylamine groups is 2. The molecular weight excluding hydrogens is 435 g/mol. The fourth-order valence-corrected chi connectivity index (χ4v) is 4.66. The van der Waals surface area contributed by atoms with Crippen LogP contribution in [0.15, 0.2) is 42.5 Å². The number of fused-ring (bicyclic) bond motifs is 1. The molecule has 1 aromatic heterocycles. The molecule has 1 aromatic carbocycles. The van der Waals surface area contributed by atoms with Crippen molar-refractivity contribution in [2.75, 3.05) is 20.1 Å². The number of hydrogen-bond acceptors (Lipinski definition) is 5. The number of aryl methyl sites for hydroxylation is 1. The summed E-state index contributed by atoms with van der Waals surface area (Å²) in [6, 6.07) is 13.5. The first-order chi connectivity index (χ1) is 15.7. The molecule has 1 saturated heterocycles. The molecule has 0 radical (unpaired) electrons. The number of alkyl halides is 3. The Labute approximate surface area is 190 Å². The van der Waals surface area contributed by atoms with Gasteiger partial charge < -0.3 is 9.74 Å². The van der Waals surface area contributed by atoms with E-state index in [0.717, 1.165) is 30.0 Å². The van der Waals surface area contributed by atoms with Crippen LogP contribution in [-0.4, -0.2) is 53.1 Å². The Morgan fingerprint density at radius 3 is 2.52 bits per heavy atom. The first-order valence-electron chi connectivity index (χ1n) is 11.1. The van der Waals surface area contributed by atoms with Crippen LogP contribution in [0.25, 0.3) is 0 Å². The highest BCUT2D eigenvalue weighted by atomic mass is 19.4. The number of amides is 1. The van der Waals surface area contributed by atoms with E-state index < -0.39 is 12.1 Å². The normalized spacial score (nSPS) is 19.6. The van der Waals surface area contributed by atoms with Gasteiger partial charge in [-0.1, -0.05) is 30.3 Å². The minimum atomic E-state index is -5.02. The highest BCUT2D eigenvalue weighted by molar-refractivity contribution is 5.92. The van der Waals surface area contributed by atoms with Gasteiger partial charge in [0.1, 0.15) is 5.69 Å². The molecule has 0 saturated carbocycles. The highest BCUT2D eigenvalue weighted by Crippen LogP contribution is 2.34. The van der Waals surface area contributed by atoms with E-state index in [0.29, 0.717) is 18.5 Å². The molecule has 1 unspecified atom stereocenters. The molecule has 4 rings (SSSR count). The third-order valence-electron chi connectivity index (χ3n) is 6.43. The molecule has 9 heteroatoms. The number of halogens is 3. The van der Waals surface area contributed by atoms with Crippen LogP contribution in [0.4, 0.5) is 13.2 Å². The number of hydrogen-bond donors (Lipinski definition) is 0. The molecular formula is C24H26F3N3O3. The predicted molar refractivity (Wildman–Crippen MR) is 114 cm³/mol. The zero-order valence-electron chi connectivity index (χ0n) is 18.3. The molecule has 6 nitrogen and oxygen atoms in total. The topological polar surface area (TPSA) is 62.7 Å². The molecule has 2 heterocycles. The Balaban J connectivity index is 1.41. The summed E-state index contributed by atoms with van der Waals surface area (Å²) in [7, 11) is 1.80. The van der Waals surface area contributed by atoms with Gasteiger partial charge in [0.15, 0.2) is 0 Å². The lowest BCUT2D eigenvalue weighted by atomic mass is 9.87. The molecule has 0 spiro atoms. The lowest BCUT2D eigenvalue weighted by Gasteiger charge is -2.33. The van der Waals surface area contributed by atoms with E-state index in [-0.39, 0.29) is 31.0 Å². The number of nitrogens with zero attached hydrogens (tertiary/aromatic N) is 3. The van der Waals surface area contributed by atoms with Crippen molar-refractivity contribution in [3.63, 3.8) is 0 Å². The molecule has 1 atom stereocenters. The van der Waals surface area contributed by atoms with Crippen LogP contribution >= 0.6 is 0 Å². The number of piperidine rings is 1. The zero-order chi connectivity index (χ0) is 23.6. The van der Waals surface area contributed by atoms with Crippen molar-refractivity contribution in [2.24, 2.45) is 0 Å². The van der Waals surface area contributed by atoms with Crippen LogP contribution in [0.2, 0.25) is 0 Å². The third-order valence-corrected chi connectivity index (χ3v) is 6.43. The molecule has 33 heavy (non-hydrogen) atoms. The Kier molecular flexibility index (Phi) is 6.69. The molecule has 1 amide bonds. The van der Waals surface area contributed by atoms with Crippen LogP contribution in [0.1, 0.15) is 65.0 Å². The smallest absolute Gasteiger partial charge is 0.361 e. The van der Waals surface area contributed by atoms with Crippen LogP contribution < -0.4 is 0 Å². The number of pyridine rings is 1. The molecule has 0 bridgehead atoms. The van der Waals surface area contributed by atoms with E-state index in [2.05, 4.69) is 22.0 Å². The Bertz CT molecular complexity index is 1020. The Morgan fingerprint density at radius 1 is 1.06 bits per heavy atom. The number of aromatic nitrogens is 1. The van der Waals surface area contributed by atoms with Crippen molar-refractivity contribution >= 4 is 11.9 Å². The van der Waals surface area contributed by atoms with Crippen molar-refractivity contribution in [1.29, 1.82) is 0 Å². The van der Waals surface area contributed by atoms with Crippen molar-refractivity contribution in [3.05, 3.63) is 65.0 Å². The van der Waals surface area contributed by atoms with Gasteiger partial charge in [0.25, 0.3) is 5.91 Å². The summed E-state index contributed by atoms with van der Waals surface area (Å²) in [5.74, 6) is -2.40. The quantitative estimate of drug-likeness (QED) is 0.674. The second kappa shape index (κ2) is 9.51. The number of rotatable bonds is 4. The number of benzene rings is 1. The van der Waals surface area contributed by atoms with E-state index in [1.54, 1.807) is 24.1 Å². The Morgan fingerprint density at radius 2 is 1.79 bits per heavy atom. The van der Waals surface area contributed by atoms with Crippen LogP contribution in [0.3, 0.4) is 0 Å². The molecule has 2 aromatic rings. The second-order valence-electron chi connectivity index (χ2n) is 8.55. The first-order valence-corrected chi connectivity index (χ1v) is 11.1. The fraction of sp³-hybridized carbons (Fsp3) is 0.458. The van der Waals surface area contributed by atoms with E-state index in [9.17, 15) is 22.8 Å². The molecule has 2 aliphatic rings. The second-order valence-corrected chi connectivity index (χ2v) is 8.55. The summed E-state index contributed by atoms with van der Waals surface area (Å²) < 4.78 is 37.2. The summed E-state index contributed by atoms with van der Waals surface area (Å²) in [4.78, 5) is 35.0. The Hall–Kier alpha value is -2.94. The molecule has 1 aliphatic heterocycles. The van der Waals surface area contributed by atoms with Crippen molar-refractivity contribution in [1.82, 2.24) is 14.9 Å². The zero-order valence-corrected chi connectivity index (χ0v) is 18.3. The van der Waals surface area contributed by atoms with Gasteiger partial charge in [0.05, 0.1) is 6.04 Å². The summed E-state index contributed by atoms with van der Waals surface area (Å²) in [6.45, 7) is 0.343. The van der Waals surface area contributed by atoms with Gasteiger partial charge in [0.2, 0.25) is 0 Å². The van der Waals surface area contributed by atoms with Gasteiger partial charge in [-0.3, -0.25) is 4.79 Å². The minimum Gasteiger partial charge on any atom is -0.361 e.